The summed E-state index contributed by atoms with van der Waals surface area (Å²) in [4.78, 5) is 0. The molecule has 5 unspecified atom stereocenters. The Labute approximate surface area is 124 Å². The molecule has 0 bridgehead atoms. The van der Waals surface area contributed by atoms with Gasteiger partial charge >= 0.3 is 0 Å². The molecule has 0 spiro atoms. The molecule has 21 heavy (non-hydrogen) atoms. The fourth-order valence-corrected chi connectivity index (χ4v) is 3.31. The van der Waals surface area contributed by atoms with Gasteiger partial charge in [-0.15, -0.1) is 0 Å². The fourth-order valence-electron chi connectivity index (χ4n) is 3.31. The zero-order chi connectivity index (χ0) is 15.5. The Balaban J connectivity index is 1.90. The van der Waals surface area contributed by atoms with Crippen molar-refractivity contribution in [3.05, 3.63) is 0 Å². The largest absolute Gasteiger partial charge is 0.396 e. The van der Waals surface area contributed by atoms with E-state index in [2.05, 4.69) is 0 Å². The number of fused-ring (bicyclic) bond motifs is 3. The molecular formula is C14H24O7. The topological polar surface area (TPSA) is 86.6 Å². The first-order valence-corrected chi connectivity index (χ1v) is 7.36. The third-order valence-electron chi connectivity index (χ3n) is 4.10. The van der Waals surface area contributed by atoms with Crippen LogP contribution in [-0.2, 0) is 23.7 Å². The Morgan fingerprint density at radius 3 is 2.48 bits per heavy atom. The van der Waals surface area contributed by atoms with Crippen LogP contribution in [0, 0.1) is 0 Å². The summed E-state index contributed by atoms with van der Waals surface area (Å²) in [5, 5.41) is 19.6. The molecule has 3 aliphatic rings. The molecule has 0 aromatic heterocycles. The Bertz CT molecular complexity index is 410. The molecule has 0 amide bonds. The lowest BCUT2D eigenvalue weighted by Crippen LogP contribution is -2.53. The molecule has 0 radical (unpaired) electrons. The molecule has 0 aromatic rings. The van der Waals surface area contributed by atoms with Crippen LogP contribution in [0.1, 0.15) is 34.1 Å². The molecule has 5 atom stereocenters. The molecule has 7 heteroatoms. The quantitative estimate of drug-likeness (QED) is 0.766. The number of ether oxygens (including phenoxy) is 5. The minimum atomic E-state index is -1.33. The molecule has 3 rings (SSSR count). The van der Waals surface area contributed by atoms with Crippen molar-refractivity contribution in [3.8, 4) is 0 Å². The molecule has 122 valence electrons. The molecule has 0 saturated carbocycles. The van der Waals surface area contributed by atoms with Crippen LogP contribution < -0.4 is 0 Å². The first-order chi connectivity index (χ1) is 9.69. The van der Waals surface area contributed by atoms with Gasteiger partial charge < -0.3 is 33.9 Å². The van der Waals surface area contributed by atoms with E-state index in [1.807, 2.05) is 13.8 Å². The highest BCUT2D eigenvalue weighted by Crippen LogP contribution is 2.50. The predicted octanol–water partition coefficient (Wildman–Crippen LogP) is 0.128. The Morgan fingerprint density at radius 2 is 1.81 bits per heavy atom. The number of hydrogen-bond donors (Lipinski definition) is 2. The van der Waals surface area contributed by atoms with Crippen LogP contribution in [0.2, 0.25) is 0 Å². The van der Waals surface area contributed by atoms with Crippen LogP contribution in [0.25, 0.3) is 0 Å². The number of aliphatic hydroxyl groups excluding tert-OH is 2. The first-order valence-electron chi connectivity index (χ1n) is 7.36. The van der Waals surface area contributed by atoms with E-state index in [-0.39, 0.29) is 25.2 Å². The standard InChI is InChI=1S/C14H24O7/c1-12(2)17-7-8-10(19-12)11-14(18-8,9(16)5-6-15)21-13(3,4)20-11/h8-11,15-16H,5-7H2,1-4H3. The lowest BCUT2D eigenvalue weighted by Gasteiger charge is -2.38. The smallest absolute Gasteiger partial charge is 0.227 e. The lowest BCUT2D eigenvalue weighted by atomic mass is 9.97. The SMILES string of the molecule is CC1(C)OCC2OC3(C(O)CCO)OC(C)(C)OC3C2O1. The highest BCUT2D eigenvalue weighted by atomic mass is 16.9. The van der Waals surface area contributed by atoms with E-state index in [1.54, 1.807) is 13.8 Å². The maximum Gasteiger partial charge on any atom is 0.227 e. The Hall–Kier alpha value is -0.280. The molecule has 7 nitrogen and oxygen atoms in total. The van der Waals surface area contributed by atoms with E-state index < -0.39 is 29.6 Å². The van der Waals surface area contributed by atoms with Crippen molar-refractivity contribution < 1.29 is 33.9 Å². The van der Waals surface area contributed by atoms with Gasteiger partial charge in [0, 0.05) is 13.0 Å². The molecule has 3 fully saturated rings. The maximum absolute atomic E-state index is 10.4. The van der Waals surface area contributed by atoms with E-state index in [4.69, 9.17) is 28.8 Å². The minimum absolute atomic E-state index is 0.139. The molecule has 0 aromatic carbocycles. The monoisotopic (exact) mass is 304 g/mol. The van der Waals surface area contributed by atoms with Crippen LogP contribution in [-0.4, -0.2) is 65.2 Å². The van der Waals surface area contributed by atoms with Gasteiger partial charge in [0.25, 0.3) is 0 Å². The van der Waals surface area contributed by atoms with Gasteiger partial charge in [0.1, 0.15) is 24.4 Å². The number of hydrogen-bond acceptors (Lipinski definition) is 7. The zero-order valence-corrected chi connectivity index (χ0v) is 12.9. The second-order valence-electron chi connectivity index (χ2n) is 6.74. The molecule has 3 aliphatic heterocycles. The molecule has 3 heterocycles. The molecule has 0 aliphatic carbocycles. The third-order valence-corrected chi connectivity index (χ3v) is 4.10. The van der Waals surface area contributed by atoms with E-state index in [0.717, 1.165) is 0 Å². The fraction of sp³-hybridized carbons (Fsp3) is 1.00. The van der Waals surface area contributed by atoms with Gasteiger partial charge in [0.15, 0.2) is 11.6 Å². The minimum Gasteiger partial charge on any atom is -0.396 e. The normalized spacial score (nSPS) is 45.1. The molecule has 3 saturated heterocycles. The summed E-state index contributed by atoms with van der Waals surface area (Å²) in [5.41, 5.74) is 0. The summed E-state index contributed by atoms with van der Waals surface area (Å²) < 4.78 is 29.3. The van der Waals surface area contributed by atoms with Crippen molar-refractivity contribution in [3.63, 3.8) is 0 Å². The van der Waals surface area contributed by atoms with Crippen LogP contribution in [0.5, 0.6) is 0 Å². The van der Waals surface area contributed by atoms with Crippen molar-refractivity contribution >= 4 is 0 Å². The Morgan fingerprint density at radius 1 is 1.10 bits per heavy atom. The summed E-state index contributed by atoms with van der Waals surface area (Å²) in [6.45, 7) is 7.36. The van der Waals surface area contributed by atoms with Crippen LogP contribution in [0.15, 0.2) is 0 Å². The second-order valence-corrected chi connectivity index (χ2v) is 6.74. The summed E-state index contributed by atoms with van der Waals surface area (Å²) in [5.74, 6) is -2.96. The van der Waals surface area contributed by atoms with Crippen LogP contribution >= 0.6 is 0 Å². The zero-order valence-electron chi connectivity index (χ0n) is 12.9. The van der Waals surface area contributed by atoms with Gasteiger partial charge in [-0.3, -0.25) is 0 Å². The summed E-state index contributed by atoms with van der Waals surface area (Å²) in [6, 6.07) is 0. The van der Waals surface area contributed by atoms with E-state index in [1.165, 1.54) is 0 Å². The lowest BCUT2D eigenvalue weighted by molar-refractivity contribution is -0.336. The van der Waals surface area contributed by atoms with Gasteiger partial charge in [-0.25, -0.2) is 0 Å². The van der Waals surface area contributed by atoms with E-state index in [0.29, 0.717) is 6.61 Å². The molecule has 2 N–H and O–H groups in total. The second kappa shape index (κ2) is 4.86. The first kappa shape index (κ1) is 15.6. The van der Waals surface area contributed by atoms with E-state index in [9.17, 15) is 5.11 Å². The average Bonchev–Trinajstić information content (AvgIpc) is 2.78. The highest BCUT2D eigenvalue weighted by molar-refractivity contribution is 5.07. The number of rotatable bonds is 3. The van der Waals surface area contributed by atoms with E-state index >= 15 is 0 Å². The van der Waals surface area contributed by atoms with Crippen molar-refractivity contribution in [2.45, 2.75) is 75.9 Å². The van der Waals surface area contributed by atoms with Crippen LogP contribution in [0.4, 0.5) is 0 Å². The van der Waals surface area contributed by atoms with Crippen LogP contribution in [0.3, 0.4) is 0 Å². The van der Waals surface area contributed by atoms with Crippen molar-refractivity contribution in [2.24, 2.45) is 0 Å². The Kier molecular flexibility index (Phi) is 3.61. The average molecular weight is 304 g/mol. The summed E-state index contributed by atoms with van der Waals surface area (Å²) in [6.07, 6.45) is -2.19. The third kappa shape index (κ3) is 2.50. The van der Waals surface area contributed by atoms with Crippen molar-refractivity contribution in [1.82, 2.24) is 0 Å². The predicted molar refractivity (Wildman–Crippen MR) is 70.3 cm³/mol. The van der Waals surface area contributed by atoms with Gasteiger partial charge in [-0.05, 0) is 27.7 Å². The summed E-state index contributed by atoms with van der Waals surface area (Å²) >= 11 is 0. The van der Waals surface area contributed by atoms with Gasteiger partial charge in [0.05, 0.1) is 6.61 Å². The van der Waals surface area contributed by atoms with Crippen molar-refractivity contribution in [1.29, 1.82) is 0 Å². The van der Waals surface area contributed by atoms with Crippen molar-refractivity contribution in [2.75, 3.05) is 13.2 Å². The van der Waals surface area contributed by atoms with Gasteiger partial charge in [-0.1, -0.05) is 0 Å². The highest BCUT2D eigenvalue weighted by Gasteiger charge is 2.69. The van der Waals surface area contributed by atoms with Gasteiger partial charge in [0.2, 0.25) is 5.79 Å². The maximum atomic E-state index is 10.4. The molecular weight excluding hydrogens is 280 g/mol. The van der Waals surface area contributed by atoms with Gasteiger partial charge in [-0.2, -0.15) is 0 Å². The number of aliphatic hydroxyl groups is 2. The summed E-state index contributed by atoms with van der Waals surface area (Å²) in [7, 11) is 0.